The molecule has 0 amide bonds. The molecule has 1 saturated heterocycles. The van der Waals surface area contributed by atoms with Crippen LogP contribution in [0.1, 0.15) is 11.4 Å². The average Bonchev–Trinajstić information content (AvgIpc) is 3.22. The molecule has 0 radical (unpaired) electrons. The molecule has 1 aliphatic rings. The molecular weight excluding hydrogens is 452 g/mol. The Morgan fingerprint density at radius 1 is 0.969 bits per heavy atom. The molecular formula is C19H18F4N6O2S. The van der Waals surface area contributed by atoms with E-state index in [0.717, 1.165) is 22.5 Å². The molecule has 1 aliphatic heterocycles. The Labute approximate surface area is 181 Å². The third kappa shape index (κ3) is 4.64. The van der Waals surface area contributed by atoms with Crippen LogP contribution >= 0.6 is 0 Å². The first-order chi connectivity index (χ1) is 15.1. The van der Waals surface area contributed by atoms with Crippen molar-refractivity contribution in [2.24, 2.45) is 0 Å². The molecule has 4 rings (SSSR count). The van der Waals surface area contributed by atoms with Crippen molar-refractivity contribution in [2.45, 2.75) is 17.6 Å². The van der Waals surface area contributed by atoms with Crippen molar-refractivity contribution in [3.05, 3.63) is 65.7 Å². The number of nitrogens with zero attached hydrogens (tertiary/aromatic N) is 6. The molecule has 0 unspecified atom stereocenters. The first-order valence-corrected chi connectivity index (χ1v) is 11.0. The zero-order valence-corrected chi connectivity index (χ0v) is 17.4. The highest BCUT2D eigenvalue weighted by Gasteiger charge is 2.34. The standard InChI is InChI=1S/C19H18F4N6O2S/c20-15-4-2-5-16(12-15)29-18(24-25-26-29)13-27-7-9-28(10-8-27)32(30,31)17-6-1-3-14(11-17)19(21,22)23/h1-6,11-12H,7-10,13H2. The Kier molecular flexibility index (Phi) is 5.97. The molecule has 170 valence electrons. The van der Waals surface area contributed by atoms with Crippen molar-refractivity contribution in [3.8, 4) is 5.69 Å². The zero-order chi connectivity index (χ0) is 22.9. The lowest BCUT2D eigenvalue weighted by Gasteiger charge is -2.33. The number of piperazine rings is 1. The molecule has 0 aliphatic carbocycles. The number of sulfonamides is 1. The SMILES string of the molecule is O=S(=O)(c1cccc(C(F)(F)F)c1)N1CCN(Cc2nnnn2-c2cccc(F)c2)CC1. The second kappa shape index (κ2) is 8.56. The van der Waals surface area contributed by atoms with Crippen LogP contribution < -0.4 is 0 Å². The van der Waals surface area contributed by atoms with Crippen molar-refractivity contribution < 1.29 is 26.0 Å². The number of alkyl halides is 3. The zero-order valence-electron chi connectivity index (χ0n) is 16.6. The fourth-order valence-electron chi connectivity index (χ4n) is 3.42. The minimum absolute atomic E-state index is 0.0973. The van der Waals surface area contributed by atoms with Gasteiger partial charge in [0.05, 0.1) is 22.7 Å². The Bertz CT molecular complexity index is 1210. The molecule has 1 aromatic heterocycles. The summed E-state index contributed by atoms with van der Waals surface area (Å²) in [5.74, 6) is 0.0159. The van der Waals surface area contributed by atoms with Crippen molar-refractivity contribution >= 4 is 10.0 Å². The van der Waals surface area contributed by atoms with Crippen LogP contribution in [0.25, 0.3) is 5.69 Å². The van der Waals surface area contributed by atoms with Gasteiger partial charge in [-0.1, -0.05) is 12.1 Å². The van der Waals surface area contributed by atoms with E-state index in [4.69, 9.17) is 0 Å². The Balaban J connectivity index is 1.44. The largest absolute Gasteiger partial charge is 0.416 e. The van der Waals surface area contributed by atoms with Crippen LogP contribution in [0.5, 0.6) is 0 Å². The van der Waals surface area contributed by atoms with Gasteiger partial charge in [-0.25, -0.2) is 12.8 Å². The van der Waals surface area contributed by atoms with Gasteiger partial charge in [-0.3, -0.25) is 4.90 Å². The van der Waals surface area contributed by atoms with Crippen LogP contribution in [0.3, 0.4) is 0 Å². The molecule has 2 heterocycles. The van der Waals surface area contributed by atoms with Gasteiger partial charge < -0.3 is 0 Å². The minimum Gasteiger partial charge on any atom is -0.293 e. The third-order valence-electron chi connectivity index (χ3n) is 5.08. The van der Waals surface area contributed by atoms with Crippen molar-refractivity contribution in [1.82, 2.24) is 29.4 Å². The van der Waals surface area contributed by atoms with Crippen LogP contribution in [0, 0.1) is 5.82 Å². The molecule has 0 N–H and O–H groups in total. The molecule has 0 spiro atoms. The van der Waals surface area contributed by atoms with Gasteiger partial charge in [0.15, 0.2) is 5.82 Å². The predicted octanol–water partition coefficient (Wildman–Crippen LogP) is 2.33. The molecule has 2 aromatic carbocycles. The lowest BCUT2D eigenvalue weighted by Crippen LogP contribution is -2.48. The molecule has 1 fully saturated rings. The smallest absolute Gasteiger partial charge is 0.293 e. The van der Waals surface area contributed by atoms with Gasteiger partial charge in [-0.15, -0.1) is 5.10 Å². The van der Waals surface area contributed by atoms with Gasteiger partial charge in [-0.2, -0.15) is 22.2 Å². The van der Waals surface area contributed by atoms with E-state index in [-0.39, 0.29) is 13.1 Å². The molecule has 13 heteroatoms. The van der Waals surface area contributed by atoms with E-state index in [1.165, 1.54) is 22.9 Å². The van der Waals surface area contributed by atoms with Gasteiger partial charge >= 0.3 is 6.18 Å². The highest BCUT2D eigenvalue weighted by molar-refractivity contribution is 7.89. The topological polar surface area (TPSA) is 84.2 Å². The van der Waals surface area contributed by atoms with E-state index >= 15 is 0 Å². The lowest BCUT2D eigenvalue weighted by molar-refractivity contribution is -0.137. The summed E-state index contributed by atoms with van der Waals surface area (Å²) < 4.78 is 80.6. The van der Waals surface area contributed by atoms with E-state index < -0.39 is 32.5 Å². The summed E-state index contributed by atoms with van der Waals surface area (Å²) in [7, 11) is -4.07. The summed E-state index contributed by atoms with van der Waals surface area (Å²) in [6.45, 7) is 1.14. The Hall–Kier alpha value is -2.90. The van der Waals surface area contributed by atoms with Gasteiger partial charge in [0, 0.05) is 26.2 Å². The Morgan fingerprint density at radius 2 is 1.69 bits per heavy atom. The fraction of sp³-hybridized carbons (Fsp3) is 0.316. The number of benzene rings is 2. The van der Waals surface area contributed by atoms with E-state index in [2.05, 4.69) is 15.5 Å². The van der Waals surface area contributed by atoms with E-state index in [1.54, 1.807) is 6.07 Å². The van der Waals surface area contributed by atoms with Crippen LogP contribution in [0.2, 0.25) is 0 Å². The summed E-state index contributed by atoms with van der Waals surface area (Å²) in [6.07, 6.45) is -4.63. The predicted molar refractivity (Wildman–Crippen MR) is 105 cm³/mol. The van der Waals surface area contributed by atoms with Gasteiger partial charge in [0.1, 0.15) is 5.82 Å². The van der Waals surface area contributed by atoms with Crippen LogP contribution in [-0.2, 0) is 22.7 Å². The summed E-state index contributed by atoms with van der Waals surface area (Å²) >= 11 is 0. The summed E-state index contributed by atoms with van der Waals surface area (Å²) in [5.41, 5.74) is -0.558. The molecule has 3 aromatic rings. The minimum atomic E-state index is -4.63. The first-order valence-electron chi connectivity index (χ1n) is 9.57. The van der Waals surface area contributed by atoms with Crippen LogP contribution in [0.15, 0.2) is 53.4 Å². The summed E-state index contributed by atoms with van der Waals surface area (Å²) in [5, 5.41) is 11.5. The highest BCUT2D eigenvalue weighted by Crippen LogP contribution is 2.31. The third-order valence-corrected chi connectivity index (χ3v) is 6.98. The maximum absolute atomic E-state index is 13.5. The number of hydrogen-bond acceptors (Lipinski definition) is 6. The summed E-state index contributed by atoms with van der Waals surface area (Å²) in [6, 6.07) is 9.50. The molecule has 0 saturated carbocycles. The van der Waals surface area contributed by atoms with E-state index in [0.29, 0.717) is 37.2 Å². The van der Waals surface area contributed by atoms with Gasteiger partial charge in [0.25, 0.3) is 0 Å². The normalized spacial score (nSPS) is 16.4. The molecule has 0 bridgehead atoms. The van der Waals surface area contributed by atoms with Gasteiger partial charge in [0.2, 0.25) is 10.0 Å². The number of halogens is 4. The fourth-order valence-corrected chi connectivity index (χ4v) is 4.89. The number of aromatic nitrogens is 4. The van der Waals surface area contributed by atoms with Crippen molar-refractivity contribution in [3.63, 3.8) is 0 Å². The van der Waals surface area contributed by atoms with Crippen molar-refractivity contribution in [1.29, 1.82) is 0 Å². The molecule has 8 nitrogen and oxygen atoms in total. The first kappa shape index (κ1) is 22.3. The van der Waals surface area contributed by atoms with Crippen LogP contribution in [0.4, 0.5) is 17.6 Å². The van der Waals surface area contributed by atoms with E-state index in [9.17, 15) is 26.0 Å². The van der Waals surface area contributed by atoms with Crippen LogP contribution in [-0.4, -0.2) is 64.0 Å². The Morgan fingerprint density at radius 3 is 2.38 bits per heavy atom. The second-order valence-corrected chi connectivity index (χ2v) is 9.13. The number of hydrogen-bond donors (Lipinski definition) is 0. The van der Waals surface area contributed by atoms with Crippen molar-refractivity contribution in [2.75, 3.05) is 26.2 Å². The molecule has 0 atom stereocenters. The lowest BCUT2D eigenvalue weighted by atomic mass is 10.2. The highest BCUT2D eigenvalue weighted by atomic mass is 32.2. The summed E-state index contributed by atoms with van der Waals surface area (Å²) in [4.78, 5) is 1.52. The monoisotopic (exact) mass is 470 g/mol. The molecule has 32 heavy (non-hydrogen) atoms. The number of tetrazole rings is 1. The maximum Gasteiger partial charge on any atom is 0.416 e. The maximum atomic E-state index is 13.5. The van der Waals surface area contributed by atoms with E-state index in [1.807, 2.05) is 4.90 Å². The average molecular weight is 470 g/mol. The quantitative estimate of drug-likeness (QED) is 0.533. The number of rotatable bonds is 5. The van der Waals surface area contributed by atoms with Gasteiger partial charge in [-0.05, 0) is 46.8 Å². The second-order valence-electron chi connectivity index (χ2n) is 7.19.